The maximum absolute atomic E-state index is 12.5. The molecule has 1 fully saturated rings. The van der Waals surface area contributed by atoms with Crippen molar-refractivity contribution in [3.63, 3.8) is 0 Å². The van der Waals surface area contributed by atoms with Crippen LogP contribution in [-0.4, -0.2) is 53.8 Å². The molecular weight excluding hydrogens is 346 g/mol. The number of sulfonamides is 1. The fraction of sp³-hybridized carbons (Fsp3) is 0.562. The largest absolute Gasteiger partial charge is 0.481 e. The van der Waals surface area contributed by atoms with Gasteiger partial charge in [0.2, 0.25) is 15.9 Å². The van der Waals surface area contributed by atoms with Crippen LogP contribution in [0.15, 0.2) is 29.4 Å². The Bertz CT molecular complexity index is 700. The van der Waals surface area contributed by atoms with Gasteiger partial charge >= 0.3 is 5.97 Å². The molecule has 2 N–H and O–H groups in total. The molecule has 1 amide bonds. The number of hydrogen-bond donors (Lipinski definition) is 2. The topological polar surface area (TPSA) is 117 Å². The molecule has 1 aromatic rings. The molecule has 0 spiro atoms. The molecule has 138 valence electrons. The van der Waals surface area contributed by atoms with E-state index in [1.807, 2.05) is 0 Å². The summed E-state index contributed by atoms with van der Waals surface area (Å²) in [6, 6.07) is 2.86. The van der Waals surface area contributed by atoms with Crippen LogP contribution >= 0.6 is 0 Å². The number of piperidine rings is 1. The van der Waals surface area contributed by atoms with Gasteiger partial charge in [-0.1, -0.05) is 0 Å². The highest BCUT2D eigenvalue weighted by Crippen LogP contribution is 2.23. The molecule has 0 aliphatic carbocycles. The number of nitrogens with one attached hydrogen (secondary N) is 1. The molecule has 0 saturated carbocycles. The van der Waals surface area contributed by atoms with Gasteiger partial charge in [-0.2, -0.15) is 4.31 Å². The molecule has 1 saturated heterocycles. The molecule has 0 bridgehead atoms. The zero-order chi connectivity index (χ0) is 18.4. The lowest BCUT2D eigenvalue weighted by Gasteiger charge is -2.31. The molecule has 1 atom stereocenters. The van der Waals surface area contributed by atoms with E-state index in [-0.39, 0.29) is 42.3 Å². The van der Waals surface area contributed by atoms with Crippen molar-refractivity contribution in [2.45, 2.75) is 43.5 Å². The fourth-order valence-corrected chi connectivity index (χ4v) is 4.21. The van der Waals surface area contributed by atoms with E-state index in [4.69, 9.17) is 5.11 Å². The molecule has 0 radical (unpaired) electrons. The fourth-order valence-electron chi connectivity index (χ4n) is 2.78. The zero-order valence-corrected chi connectivity index (χ0v) is 14.9. The number of aliphatic carboxylic acids is 1. The van der Waals surface area contributed by atoms with E-state index < -0.39 is 16.0 Å². The van der Waals surface area contributed by atoms with Crippen LogP contribution in [0.2, 0.25) is 0 Å². The molecule has 1 aliphatic heterocycles. The summed E-state index contributed by atoms with van der Waals surface area (Å²) in [6.45, 7) is 2.32. The number of carbonyl (C=O) groups is 2. The summed E-state index contributed by atoms with van der Waals surface area (Å²) in [7, 11) is -3.58. The maximum atomic E-state index is 12.5. The van der Waals surface area contributed by atoms with Crippen LogP contribution in [0.5, 0.6) is 0 Å². The number of nitrogens with zero attached hydrogens (tertiary/aromatic N) is 2. The molecule has 0 aromatic carbocycles. The quantitative estimate of drug-likeness (QED) is 0.736. The third-order valence-electron chi connectivity index (χ3n) is 4.28. The van der Waals surface area contributed by atoms with Crippen LogP contribution in [0.25, 0.3) is 0 Å². The number of carboxylic acids is 1. The first-order valence-corrected chi connectivity index (χ1v) is 9.67. The molecular formula is C16H23N3O5S. The number of aromatic nitrogens is 1. The molecule has 1 unspecified atom stereocenters. The lowest BCUT2D eigenvalue weighted by atomic mass is 9.96. The first kappa shape index (κ1) is 19.3. The molecule has 2 rings (SSSR count). The zero-order valence-electron chi connectivity index (χ0n) is 14.1. The van der Waals surface area contributed by atoms with E-state index in [0.29, 0.717) is 19.3 Å². The first-order chi connectivity index (χ1) is 11.8. The van der Waals surface area contributed by atoms with Crippen LogP contribution in [-0.2, 0) is 19.6 Å². The number of carboxylic acid groups (broad SMARTS) is 1. The van der Waals surface area contributed by atoms with Gasteiger partial charge in [-0.3, -0.25) is 14.6 Å². The van der Waals surface area contributed by atoms with Crippen molar-refractivity contribution in [1.82, 2.24) is 14.6 Å². The third-order valence-corrected chi connectivity index (χ3v) is 6.16. The average Bonchev–Trinajstić information content (AvgIpc) is 2.61. The average molecular weight is 369 g/mol. The minimum Gasteiger partial charge on any atom is -0.481 e. The second-order valence-electron chi connectivity index (χ2n) is 6.21. The van der Waals surface area contributed by atoms with Gasteiger partial charge in [0.1, 0.15) is 4.90 Å². The van der Waals surface area contributed by atoms with Gasteiger partial charge in [0.15, 0.2) is 0 Å². The van der Waals surface area contributed by atoms with Crippen LogP contribution < -0.4 is 5.32 Å². The molecule has 9 heteroatoms. The van der Waals surface area contributed by atoms with Crippen LogP contribution in [0, 0.1) is 5.92 Å². The highest BCUT2D eigenvalue weighted by molar-refractivity contribution is 7.89. The van der Waals surface area contributed by atoms with Crippen molar-refractivity contribution in [3.05, 3.63) is 24.5 Å². The second-order valence-corrected chi connectivity index (χ2v) is 8.15. The normalized spacial score (nSPS) is 17.8. The summed E-state index contributed by atoms with van der Waals surface area (Å²) < 4.78 is 26.4. The van der Waals surface area contributed by atoms with E-state index >= 15 is 0 Å². The highest BCUT2D eigenvalue weighted by Gasteiger charge is 2.32. The predicted molar refractivity (Wildman–Crippen MR) is 90.2 cm³/mol. The number of rotatable bonds is 7. The van der Waals surface area contributed by atoms with Crippen molar-refractivity contribution in [2.75, 3.05) is 13.1 Å². The second kappa shape index (κ2) is 8.39. The first-order valence-electron chi connectivity index (χ1n) is 8.23. The summed E-state index contributed by atoms with van der Waals surface area (Å²) in [5.74, 6) is -1.29. The molecule has 8 nitrogen and oxygen atoms in total. The third kappa shape index (κ3) is 5.23. The van der Waals surface area contributed by atoms with E-state index in [0.717, 1.165) is 0 Å². The van der Waals surface area contributed by atoms with Gasteiger partial charge in [-0.25, -0.2) is 8.42 Å². The maximum Gasteiger partial charge on any atom is 0.303 e. The van der Waals surface area contributed by atoms with E-state index in [2.05, 4.69) is 10.3 Å². The molecule has 25 heavy (non-hydrogen) atoms. The summed E-state index contributed by atoms with van der Waals surface area (Å²) in [6.07, 6.45) is 4.09. The lowest BCUT2D eigenvalue weighted by molar-refractivity contribution is -0.137. The number of carbonyl (C=O) groups excluding carboxylic acids is 1. The minimum atomic E-state index is -3.58. The van der Waals surface area contributed by atoms with Gasteiger partial charge in [0, 0.05) is 43.9 Å². The SMILES string of the molecule is CC(CCC(=O)O)NC(=O)C1CCN(S(=O)(=O)c2cccnc2)CC1. The van der Waals surface area contributed by atoms with Crippen LogP contribution in [0.1, 0.15) is 32.6 Å². The van der Waals surface area contributed by atoms with Crippen molar-refractivity contribution in [2.24, 2.45) is 5.92 Å². The smallest absolute Gasteiger partial charge is 0.303 e. The minimum absolute atomic E-state index is 0.00322. The summed E-state index contributed by atoms with van der Waals surface area (Å²) in [4.78, 5) is 26.8. The Hall–Kier alpha value is -2.00. The van der Waals surface area contributed by atoms with Crippen molar-refractivity contribution in [1.29, 1.82) is 0 Å². The monoisotopic (exact) mass is 369 g/mol. The lowest BCUT2D eigenvalue weighted by Crippen LogP contribution is -2.44. The van der Waals surface area contributed by atoms with Gasteiger partial charge < -0.3 is 10.4 Å². The van der Waals surface area contributed by atoms with Crippen LogP contribution in [0.3, 0.4) is 0 Å². The Morgan fingerprint density at radius 3 is 2.64 bits per heavy atom. The molecule has 1 aromatic heterocycles. The number of pyridine rings is 1. The standard InChI is InChI=1S/C16H23N3O5S/c1-12(4-5-15(20)21)18-16(22)13-6-9-19(10-7-13)25(23,24)14-3-2-8-17-11-14/h2-3,8,11-13H,4-7,9-10H2,1H3,(H,18,22)(H,20,21). The van der Waals surface area contributed by atoms with Crippen molar-refractivity contribution in [3.8, 4) is 0 Å². The van der Waals surface area contributed by atoms with E-state index in [1.165, 1.54) is 22.8 Å². The molecule has 2 heterocycles. The Kier molecular flexibility index (Phi) is 6.49. The highest BCUT2D eigenvalue weighted by atomic mass is 32.2. The Morgan fingerprint density at radius 2 is 2.08 bits per heavy atom. The van der Waals surface area contributed by atoms with Gasteiger partial charge in [-0.05, 0) is 38.3 Å². The Labute approximate surface area is 147 Å². The van der Waals surface area contributed by atoms with Crippen molar-refractivity contribution >= 4 is 21.9 Å². The summed E-state index contributed by atoms with van der Waals surface area (Å²) in [5, 5.41) is 11.5. The van der Waals surface area contributed by atoms with Crippen molar-refractivity contribution < 1.29 is 23.1 Å². The molecule has 1 aliphatic rings. The summed E-state index contributed by atoms with van der Waals surface area (Å²) in [5.41, 5.74) is 0. The van der Waals surface area contributed by atoms with Gasteiger partial charge in [0.05, 0.1) is 0 Å². The Morgan fingerprint density at radius 1 is 1.40 bits per heavy atom. The predicted octanol–water partition coefficient (Wildman–Crippen LogP) is 0.852. The Balaban J connectivity index is 1.87. The number of hydrogen-bond acceptors (Lipinski definition) is 5. The van der Waals surface area contributed by atoms with Gasteiger partial charge in [0.25, 0.3) is 0 Å². The van der Waals surface area contributed by atoms with Gasteiger partial charge in [-0.15, -0.1) is 0 Å². The number of amides is 1. The summed E-state index contributed by atoms with van der Waals surface area (Å²) >= 11 is 0. The van der Waals surface area contributed by atoms with E-state index in [9.17, 15) is 18.0 Å². The van der Waals surface area contributed by atoms with Crippen LogP contribution in [0.4, 0.5) is 0 Å². The van der Waals surface area contributed by atoms with E-state index in [1.54, 1.807) is 13.0 Å².